The summed E-state index contributed by atoms with van der Waals surface area (Å²) >= 11 is 0. The Labute approximate surface area is 81.9 Å². The molecule has 0 amide bonds. The van der Waals surface area contributed by atoms with E-state index >= 15 is 0 Å². The van der Waals surface area contributed by atoms with E-state index in [9.17, 15) is 0 Å². The molecule has 2 aliphatic rings. The molecular formula is C12H22O. The van der Waals surface area contributed by atoms with E-state index in [0.29, 0.717) is 11.5 Å². The molecule has 1 heteroatoms. The van der Waals surface area contributed by atoms with E-state index in [-0.39, 0.29) is 0 Å². The largest absolute Gasteiger partial charge is 0.381 e. The Morgan fingerprint density at radius 2 is 1.92 bits per heavy atom. The second-order valence-electron chi connectivity index (χ2n) is 5.70. The summed E-state index contributed by atoms with van der Waals surface area (Å²) in [5.74, 6) is 1.84. The topological polar surface area (TPSA) is 9.23 Å². The van der Waals surface area contributed by atoms with Gasteiger partial charge in [0.05, 0.1) is 6.10 Å². The predicted octanol–water partition coefficient (Wildman–Crippen LogP) is 3.24. The fraction of sp³-hybridized carbons (Fsp3) is 1.00. The number of rotatable bonds is 1. The van der Waals surface area contributed by atoms with Gasteiger partial charge in [-0.1, -0.05) is 20.3 Å². The normalized spacial score (nSPS) is 43.2. The Bertz CT molecular complexity index is 186. The van der Waals surface area contributed by atoms with Crippen molar-refractivity contribution in [2.24, 2.45) is 17.3 Å². The van der Waals surface area contributed by atoms with Gasteiger partial charge in [0.2, 0.25) is 0 Å². The molecule has 0 saturated heterocycles. The van der Waals surface area contributed by atoms with Crippen molar-refractivity contribution in [2.75, 3.05) is 7.11 Å². The van der Waals surface area contributed by atoms with Crippen LogP contribution in [0.1, 0.15) is 46.0 Å². The summed E-state index contributed by atoms with van der Waals surface area (Å²) in [5, 5.41) is 0. The summed E-state index contributed by atoms with van der Waals surface area (Å²) in [6.07, 6.45) is 7.52. The lowest BCUT2D eigenvalue weighted by molar-refractivity contribution is 0.00601. The van der Waals surface area contributed by atoms with Crippen molar-refractivity contribution in [3.63, 3.8) is 0 Å². The van der Waals surface area contributed by atoms with Gasteiger partial charge in [-0.15, -0.1) is 0 Å². The molecule has 3 atom stereocenters. The Kier molecular flexibility index (Phi) is 2.39. The van der Waals surface area contributed by atoms with Gasteiger partial charge in [-0.2, -0.15) is 0 Å². The van der Waals surface area contributed by atoms with Crippen molar-refractivity contribution >= 4 is 0 Å². The van der Waals surface area contributed by atoms with Crippen LogP contribution in [0.3, 0.4) is 0 Å². The van der Waals surface area contributed by atoms with Crippen molar-refractivity contribution in [2.45, 2.75) is 52.1 Å². The quantitative estimate of drug-likeness (QED) is 0.605. The van der Waals surface area contributed by atoms with Gasteiger partial charge in [0, 0.05) is 7.11 Å². The maximum Gasteiger partial charge on any atom is 0.0602 e. The van der Waals surface area contributed by atoms with Crippen LogP contribution in [0.5, 0.6) is 0 Å². The molecule has 2 fully saturated rings. The van der Waals surface area contributed by atoms with E-state index in [0.717, 1.165) is 11.8 Å². The molecule has 2 rings (SSSR count). The zero-order valence-corrected chi connectivity index (χ0v) is 9.18. The molecule has 2 saturated carbocycles. The molecule has 13 heavy (non-hydrogen) atoms. The SMILES string of the molecule is COC1CCCC2CC(C)(C)CC21. The predicted molar refractivity (Wildman–Crippen MR) is 54.6 cm³/mol. The van der Waals surface area contributed by atoms with Gasteiger partial charge in [0.1, 0.15) is 0 Å². The third-order valence-electron chi connectivity index (χ3n) is 4.05. The third-order valence-corrected chi connectivity index (χ3v) is 4.05. The van der Waals surface area contributed by atoms with Crippen molar-refractivity contribution < 1.29 is 4.74 Å². The molecule has 0 heterocycles. The first-order valence-corrected chi connectivity index (χ1v) is 5.65. The lowest BCUT2D eigenvalue weighted by Crippen LogP contribution is -2.30. The maximum absolute atomic E-state index is 5.60. The number of methoxy groups -OCH3 is 1. The van der Waals surface area contributed by atoms with Gasteiger partial charge >= 0.3 is 0 Å². The summed E-state index contributed by atoms with van der Waals surface area (Å²) in [6.45, 7) is 4.83. The van der Waals surface area contributed by atoms with E-state index < -0.39 is 0 Å². The minimum Gasteiger partial charge on any atom is -0.381 e. The third kappa shape index (κ3) is 1.76. The molecule has 0 aromatic rings. The fourth-order valence-electron chi connectivity index (χ4n) is 3.59. The second-order valence-corrected chi connectivity index (χ2v) is 5.70. The fourth-order valence-corrected chi connectivity index (χ4v) is 3.59. The summed E-state index contributed by atoms with van der Waals surface area (Å²) in [4.78, 5) is 0. The van der Waals surface area contributed by atoms with Gasteiger partial charge in [-0.05, 0) is 42.9 Å². The molecule has 0 N–H and O–H groups in total. The Balaban J connectivity index is 2.08. The second kappa shape index (κ2) is 3.27. The first kappa shape index (κ1) is 9.51. The monoisotopic (exact) mass is 182 g/mol. The van der Waals surface area contributed by atoms with Gasteiger partial charge in [0.25, 0.3) is 0 Å². The van der Waals surface area contributed by atoms with E-state index in [1.165, 1.54) is 32.1 Å². The molecule has 0 aromatic carbocycles. The highest BCUT2D eigenvalue weighted by Gasteiger charge is 2.44. The van der Waals surface area contributed by atoms with Crippen molar-refractivity contribution in [1.29, 1.82) is 0 Å². The Morgan fingerprint density at radius 3 is 2.62 bits per heavy atom. The Morgan fingerprint density at radius 1 is 1.15 bits per heavy atom. The van der Waals surface area contributed by atoms with Gasteiger partial charge in [-0.25, -0.2) is 0 Å². The zero-order valence-electron chi connectivity index (χ0n) is 9.18. The average molecular weight is 182 g/mol. The maximum atomic E-state index is 5.60. The van der Waals surface area contributed by atoms with Crippen LogP contribution < -0.4 is 0 Å². The van der Waals surface area contributed by atoms with Crippen LogP contribution in [-0.2, 0) is 4.74 Å². The molecule has 0 aliphatic heterocycles. The standard InChI is InChI=1S/C12H22O/c1-12(2)7-9-5-4-6-11(13-3)10(9)8-12/h9-11H,4-8H2,1-3H3. The highest BCUT2D eigenvalue weighted by atomic mass is 16.5. The van der Waals surface area contributed by atoms with Crippen LogP contribution in [0.15, 0.2) is 0 Å². The smallest absolute Gasteiger partial charge is 0.0602 e. The summed E-state index contributed by atoms with van der Waals surface area (Å²) in [7, 11) is 1.89. The summed E-state index contributed by atoms with van der Waals surface area (Å²) < 4.78 is 5.60. The minimum atomic E-state index is 0.570. The molecule has 0 aromatic heterocycles. The van der Waals surface area contributed by atoms with Crippen LogP contribution >= 0.6 is 0 Å². The number of hydrogen-bond donors (Lipinski definition) is 0. The first-order valence-electron chi connectivity index (χ1n) is 5.65. The summed E-state index contributed by atoms with van der Waals surface area (Å²) in [5.41, 5.74) is 0.580. The summed E-state index contributed by atoms with van der Waals surface area (Å²) in [6, 6.07) is 0. The van der Waals surface area contributed by atoms with Crippen molar-refractivity contribution in [3.8, 4) is 0 Å². The van der Waals surface area contributed by atoms with Crippen LogP contribution in [0.2, 0.25) is 0 Å². The van der Waals surface area contributed by atoms with Crippen LogP contribution in [0.4, 0.5) is 0 Å². The molecule has 0 radical (unpaired) electrons. The molecule has 3 unspecified atom stereocenters. The van der Waals surface area contributed by atoms with Crippen molar-refractivity contribution in [1.82, 2.24) is 0 Å². The van der Waals surface area contributed by atoms with Crippen LogP contribution in [0.25, 0.3) is 0 Å². The highest BCUT2D eigenvalue weighted by molar-refractivity contribution is 4.94. The number of fused-ring (bicyclic) bond motifs is 1. The highest BCUT2D eigenvalue weighted by Crippen LogP contribution is 2.51. The lowest BCUT2D eigenvalue weighted by atomic mass is 9.79. The molecule has 1 nitrogen and oxygen atoms in total. The van der Waals surface area contributed by atoms with E-state index in [1.807, 2.05) is 7.11 Å². The Hall–Kier alpha value is -0.0400. The number of hydrogen-bond acceptors (Lipinski definition) is 1. The minimum absolute atomic E-state index is 0.570. The van der Waals surface area contributed by atoms with E-state index in [4.69, 9.17) is 4.74 Å². The molecule has 0 bridgehead atoms. The average Bonchev–Trinajstić information content (AvgIpc) is 2.37. The van der Waals surface area contributed by atoms with E-state index in [2.05, 4.69) is 13.8 Å². The number of ether oxygens (including phenoxy) is 1. The van der Waals surface area contributed by atoms with Gasteiger partial charge in [0.15, 0.2) is 0 Å². The van der Waals surface area contributed by atoms with Crippen LogP contribution in [-0.4, -0.2) is 13.2 Å². The molecular weight excluding hydrogens is 160 g/mol. The first-order chi connectivity index (χ1) is 6.12. The molecule has 76 valence electrons. The van der Waals surface area contributed by atoms with Crippen molar-refractivity contribution in [3.05, 3.63) is 0 Å². The van der Waals surface area contributed by atoms with Crippen LogP contribution in [0, 0.1) is 17.3 Å². The van der Waals surface area contributed by atoms with E-state index in [1.54, 1.807) is 0 Å². The zero-order chi connectivity index (χ0) is 9.47. The van der Waals surface area contributed by atoms with Gasteiger partial charge in [-0.3, -0.25) is 0 Å². The molecule has 2 aliphatic carbocycles. The lowest BCUT2D eigenvalue weighted by Gasteiger charge is -2.32. The molecule has 0 spiro atoms. The van der Waals surface area contributed by atoms with Gasteiger partial charge < -0.3 is 4.74 Å².